The number of benzene rings is 11. The largest absolute Gasteiger partial charge is 0.456 e. The molecule has 0 N–H and O–H groups in total. The molecule has 3 nitrogen and oxygen atoms in total. The van der Waals surface area contributed by atoms with Gasteiger partial charge in [0, 0.05) is 44.2 Å². The second kappa shape index (κ2) is 16.0. The molecular weight excluding hydrogens is 813 g/mol. The maximum Gasteiger partial charge on any atom is 0.135 e. The van der Waals surface area contributed by atoms with Gasteiger partial charge in [0.2, 0.25) is 0 Å². The molecule has 13 aromatic rings. The van der Waals surface area contributed by atoms with Gasteiger partial charge in [0.15, 0.2) is 0 Å². The van der Waals surface area contributed by atoms with E-state index in [1.807, 2.05) is 12.1 Å². The molecule has 0 aliphatic carbocycles. The van der Waals surface area contributed by atoms with Gasteiger partial charge in [-0.25, -0.2) is 0 Å². The van der Waals surface area contributed by atoms with Crippen LogP contribution in [0.2, 0.25) is 0 Å². The summed E-state index contributed by atoms with van der Waals surface area (Å²) in [5.74, 6) is 0. The number of hydrogen-bond donors (Lipinski definition) is 0. The van der Waals surface area contributed by atoms with Crippen molar-refractivity contribution in [2.24, 2.45) is 0 Å². The Labute approximate surface area is 388 Å². The van der Waals surface area contributed by atoms with Gasteiger partial charge in [0.25, 0.3) is 0 Å². The molecule has 0 unspecified atom stereocenters. The van der Waals surface area contributed by atoms with Crippen LogP contribution in [-0.4, -0.2) is 4.57 Å². The van der Waals surface area contributed by atoms with Crippen LogP contribution in [0.1, 0.15) is 0 Å². The van der Waals surface area contributed by atoms with Crippen molar-refractivity contribution in [1.29, 1.82) is 0 Å². The van der Waals surface area contributed by atoms with E-state index in [9.17, 15) is 0 Å². The van der Waals surface area contributed by atoms with Crippen molar-refractivity contribution >= 4 is 71.6 Å². The average Bonchev–Trinajstić information content (AvgIpc) is 3.95. The van der Waals surface area contributed by atoms with Crippen LogP contribution in [0.15, 0.2) is 259 Å². The Balaban J connectivity index is 0.948. The minimum Gasteiger partial charge on any atom is -0.456 e. The summed E-state index contributed by atoms with van der Waals surface area (Å²) in [6.45, 7) is 0. The van der Waals surface area contributed by atoms with Crippen molar-refractivity contribution in [2.75, 3.05) is 4.90 Å². The van der Waals surface area contributed by atoms with E-state index in [0.717, 1.165) is 83.6 Å². The predicted octanol–water partition coefficient (Wildman–Crippen LogP) is 18.0. The molecular formula is C64H42N2O. The predicted molar refractivity (Wildman–Crippen MR) is 282 cm³/mol. The summed E-state index contributed by atoms with van der Waals surface area (Å²) in [7, 11) is 0. The van der Waals surface area contributed by atoms with Crippen LogP contribution in [-0.2, 0) is 0 Å². The van der Waals surface area contributed by atoms with Gasteiger partial charge < -0.3 is 13.9 Å². The topological polar surface area (TPSA) is 21.3 Å². The molecule has 2 aromatic heterocycles. The number of para-hydroxylation sites is 3. The van der Waals surface area contributed by atoms with Gasteiger partial charge in [-0.3, -0.25) is 0 Å². The molecule has 0 atom stereocenters. The highest BCUT2D eigenvalue weighted by molar-refractivity contribution is 6.09. The molecule has 67 heavy (non-hydrogen) atoms. The Kier molecular flexibility index (Phi) is 9.17. The van der Waals surface area contributed by atoms with E-state index < -0.39 is 0 Å². The molecule has 0 radical (unpaired) electrons. The van der Waals surface area contributed by atoms with Gasteiger partial charge in [-0.1, -0.05) is 176 Å². The highest BCUT2D eigenvalue weighted by Gasteiger charge is 2.20. The van der Waals surface area contributed by atoms with Crippen LogP contribution in [0.4, 0.5) is 17.1 Å². The molecule has 3 heteroatoms. The Morgan fingerprint density at radius 2 is 0.821 bits per heavy atom. The van der Waals surface area contributed by atoms with Crippen LogP contribution in [0, 0.1) is 0 Å². The summed E-state index contributed by atoms with van der Waals surface area (Å²) < 4.78 is 8.57. The number of furan rings is 1. The fourth-order valence-corrected chi connectivity index (χ4v) is 10.1. The van der Waals surface area contributed by atoms with Gasteiger partial charge in [-0.05, 0) is 129 Å². The van der Waals surface area contributed by atoms with Crippen molar-refractivity contribution in [3.63, 3.8) is 0 Å². The van der Waals surface area contributed by atoms with E-state index in [2.05, 4.69) is 252 Å². The first-order valence-corrected chi connectivity index (χ1v) is 22.9. The smallest absolute Gasteiger partial charge is 0.135 e. The van der Waals surface area contributed by atoms with E-state index in [1.54, 1.807) is 0 Å². The van der Waals surface area contributed by atoms with Gasteiger partial charge in [0.05, 0.1) is 16.7 Å². The Morgan fingerprint density at radius 3 is 1.55 bits per heavy atom. The highest BCUT2D eigenvalue weighted by Crippen LogP contribution is 2.45. The molecule has 0 saturated carbocycles. The van der Waals surface area contributed by atoms with E-state index in [1.165, 1.54) is 38.1 Å². The van der Waals surface area contributed by atoms with Crippen LogP contribution >= 0.6 is 0 Å². The van der Waals surface area contributed by atoms with E-state index in [-0.39, 0.29) is 0 Å². The lowest BCUT2D eigenvalue weighted by Gasteiger charge is -2.29. The molecule has 13 rings (SSSR count). The van der Waals surface area contributed by atoms with Crippen LogP contribution in [0.5, 0.6) is 0 Å². The SMILES string of the molecule is c1ccc(-c2ccc(-c3ccc4ccccc4c3)cc2N(c2ccc(-c3cccc(-n4c5ccccc5c5ccccc54)c3)cc2)c2ccc(-c3ccc4oc5ccccc5c4c3)cc2)cc1. The fraction of sp³-hybridized carbons (Fsp3) is 0. The first-order valence-electron chi connectivity index (χ1n) is 22.9. The third-order valence-electron chi connectivity index (χ3n) is 13.4. The van der Waals surface area contributed by atoms with Gasteiger partial charge in [-0.15, -0.1) is 0 Å². The van der Waals surface area contributed by atoms with E-state index in [4.69, 9.17) is 4.42 Å². The lowest BCUT2D eigenvalue weighted by Crippen LogP contribution is -2.11. The van der Waals surface area contributed by atoms with Gasteiger partial charge in [-0.2, -0.15) is 0 Å². The minimum atomic E-state index is 0.898. The molecule has 0 aliphatic rings. The number of aromatic nitrogens is 1. The Bertz CT molecular complexity index is 3920. The minimum absolute atomic E-state index is 0.898. The van der Waals surface area contributed by atoms with Crippen molar-refractivity contribution in [2.45, 2.75) is 0 Å². The standard InChI is InChI=1S/C64H42N2O/c1-2-14-46(15-3-1)55-37-31-51(49-26-25-43-13-4-5-16-47(43)39-49)42-62(55)65(53-35-29-45(30-36-53)50-32-38-64-59(41-50)58-21-8-11-24-63(58)67-64)52-33-27-44(28-34-52)48-17-12-18-54(40-48)66-60-22-9-6-19-56(60)57-20-7-10-23-61(57)66/h1-42H. The molecule has 11 aromatic carbocycles. The molecule has 314 valence electrons. The third kappa shape index (κ3) is 6.76. The van der Waals surface area contributed by atoms with Crippen molar-refractivity contribution in [1.82, 2.24) is 4.57 Å². The quantitative estimate of drug-likeness (QED) is 0.152. The molecule has 2 heterocycles. The van der Waals surface area contributed by atoms with Crippen molar-refractivity contribution in [3.8, 4) is 50.2 Å². The van der Waals surface area contributed by atoms with Crippen LogP contribution in [0.25, 0.3) is 105 Å². The number of rotatable bonds is 8. The first kappa shape index (κ1) is 38.5. The molecule has 0 bridgehead atoms. The highest BCUT2D eigenvalue weighted by atomic mass is 16.3. The second-order valence-electron chi connectivity index (χ2n) is 17.3. The zero-order valence-corrected chi connectivity index (χ0v) is 36.6. The van der Waals surface area contributed by atoms with Crippen molar-refractivity contribution < 1.29 is 4.42 Å². The first-order chi connectivity index (χ1) is 33.2. The van der Waals surface area contributed by atoms with Gasteiger partial charge >= 0.3 is 0 Å². The fourth-order valence-electron chi connectivity index (χ4n) is 10.1. The number of anilines is 3. The molecule has 0 spiro atoms. The summed E-state index contributed by atoms with van der Waals surface area (Å²) in [6, 6.07) is 92.2. The lowest BCUT2D eigenvalue weighted by molar-refractivity contribution is 0.669. The second-order valence-corrected chi connectivity index (χ2v) is 17.3. The van der Waals surface area contributed by atoms with Crippen LogP contribution < -0.4 is 4.90 Å². The molecule has 0 amide bonds. The van der Waals surface area contributed by atoms with E-state index >= 15 is 0 Å². The number of fused-ring (bicyclic) bond motifs is 7. The lowest BCUT2D eigenvalue weighted by atomic mass is 9.95. The average molecular weight is 855 g/mol. The maximum absolute atomic E-state index is 6.18. The monoisotopic (exact) mass is 854 g/mol. The van der Waals surface area contributed by atoms with E-state index in [0.29, 0.717) is 0 Å². The molecule has 0 fully saturated rings. The summed E-state index contributed by atoms with van der Waals surface area (Å²) in [5, 5.41) is 7.22. The summed E-state index contributed by atoms with van der Waals surface area (Å²) >= 11 is 0. The normalized spacial score (nSPS) is 11.6. The zero-order valence-electron chi connectivity index (χ0n) is 36.6. The number of nitrogens with zero attached hydrogens (tertiary/aromatic N) is 2. The van der Waals surface area contributed by atoms with Gasteiger partial charge in [0.1, 0.15) is 11.2 Å². The summed E-state index contributed by atoms with van der Waals surface area (Å²) in [5.41, 5.74) is 17.8. The molecule has 0 aliphatic heterocycles. The van der Waals surface area contributed by atoms with Crippen LogP contribution in [0.3, 0.4) is 0 Å². The third-order valence-corrected chi connectivity index (χ3v) is 13.4. The number of hydrogen-bond acceptors (Lipinski definition) is 2. The summed E-state index contributed by atoms with van der Waals surface area (Å²) in [6.07, 6.45) is 0. The molecule has 0 saturated heterocycles. The zero-order chi connectivity index (χ0) is 44.3. The Hall–Kier alpha value is -8.92. The van der Waals surface area contributed by atoms with Crippen molar-refractivity contribution in [3.05, 3.63) is 255 Å². The maximum atomic E-state index is 6.18. The Morgan fingerprint density at radius 1 is 0.299 bits per heavy atom. The summed E-state index contributed by atoms with van der Waals surface area (Å²) in [4.78, 5) is 2.42.